The molecule has 0 radical (unpaired) electrons. The van der Waals surface area contributed by atoms with E-state index in [1.807, 2.05) is 30.3 Å². The molecular weight excluding hydrogens is 349 g/mol. The van der Waals surface area contributed by atoms with Gasteiger partial charge in [-0.05, 0) is 37.6 Å². The molecule has 1 aliphatic rings. The Morgan fingerprint density at radius 2 is 1.96 bits per heavy atom. The highest BCUT2D eigenvalue weighted by atomic mass is 35.5. The van der Waals surface area contributed by atoms with Gasteiger partial charge in [0.25, 0.3) is 5.91 Å². The Bertz CT molecular complexity index is 635. The van der Waals surface area contributed by atoms with Gasteiger partial charge < -0.3 is 15.4 Å². The highest BCUT2D eigenvalue weighted by Gasteiger charge is 2.17. The first-order chi connectivity index (χ1) is 10.8. The fraction of sp³-hybridized carbons (Fsp3) is 0.294. The maximum atomic E-state index is 12.3. The number of ether oxygens (including phenoxy) is 1. The lowest BCUT2D eigenvalue weighted by molar-refractivity contribution is 0.0925. The van der Waals surface area contributed by atoms with E-state index in [1.54, 1.807) is 18.3 Å². The second kappa shape index (κ2) is 10.1. The Kier molecular flexibility index (Phi) is 8.54. The molecule has 130 valence electrons. The van der Waals surface area contributed by atoms with Crippen LogP contribution in [0.1, 0.15) is 23.3 Å². The number of hydrogen-bond donors (Lipinski definition) is 2. The third kappa shape index (κ3) is 5.67. The van der Waals surface area contributed by atoms with Crippen LogP contribution in [0.15, 0.2) is 48.7 Å². The maximum Gasteiger partial charge on any atom is 0.270 e. The molecule has 1 unspecified atom stereocenters. The Hall–Kier alpha value is -1.82. The van der Waals surface area contributed by atoms with Gasteiger partial charge in [0.1, 0.15) is 17.2 Å². The van der Waals surface area contributed by atoms with Crippen LogP contribution < -0.4 is 15.4 Å². The summed E-state index contributed by atoms with van der Waals surface area (Å²) in [6.07, 6.45) is 3.67. The molecule has 0 bridgehead atoms. The smallest absolute Gasteiger partial charge is 0.270 e. The number of hydrogen-bond acceptors (Lipinski definition) is 4. The van der Waals surface area contributed by atoms with Crippen LogP contribution in [0, 0.1) is 0 Å². The number of aromatic nitrogens is 1. The van der Waals surface area contributed by atoms with Gasteiger partial charge in [-0.1, -0.05) is 18.2 Å². The summed E-state index contributed by atoms with van der Waals surface area (Å²) in [6, 6.07) is 13.0. The van der Waals surface area contributed by atoms with Crippen molar-refractivity contribution in [2.24, 2.45) is 0 Å². The lowest BCUT2D eigenvalue weighted by atomic mass is 10.1. The van der Waals surface area contributed by atoms with Crippen molar-refractivity contribution in [1.29, 1.82) is 0 Å². The first-order valence-corrected chi connectivity index (χ1v) is 7.52. The third-order valence-corrected chi connectivity index (χ3v) is 3.58. The van der Waals surface area contributed by atoms with Gasteiger partial charge in [-0.2, -0.15) is 0 Å². The predicted molar refractivity (Wildman–Crippen MR) is 98.6 cm³/mol. The minimum absolute atomic E-state index is 0. The van der Waals surface area contributed by atoms with Crippen molar-refractivity contribution in [2.75, 3.05) is 13.1 Å². The molecule has 7 heteroatoms. The average Bonchev–Trinajstić information content (AvgIpc) is 2.57. The number of piperidine rings is 1. The number of amides is 1. The molecule has 1 aromatic carbocycles. The molecule has 1 amide bonds. The molecule has 2 heterocycles. The Morgan fingerprint density at radius 1 is 1.17 bits per heavy atom. The molecule has 0 aliphatic carbocycles. The molecule has 1 aromatic heterocycles. The molecule has 1 fully saturated rings. The largest absolute Gasteiger partial charge is 0.457 e. The van der Waals surface area contributed by atoms with E-state index in [0.29, 0.717) is 11.4 Å². The number of nitrogens with one attached hydrogen (secondary N) is 2. The summed E-state index contributed by atoms with van der Waals surface area (Å²) in [6.45, 7) is 1.83. The van der Waals surface area contributed by atoms with Crippen LogP contribution in [0.4, 0.5) is 0 Å². The molecule has 1 aliphatic heterocycles. The van der Waals surface area contributed by atoms with Crippen LogP contribution in [0.2, 0.25) is 0 Å². The van der Waals surface area contributed by atoms with Gasteiger partial charge in [-0.3, -0.25) is 9.78 Å². The summed E-state index contributed by atoms with van der Waals surface area (Å²) in [7, 11) is 0. The molecule has 24 heavy (non-hydrogen) atoms. The summed E-state index contributed by atoms with van der Waals surface area (Å²) in [5.41, 5.74) is 0.374. The molecule has 1 atom stereocenters. The minimum atomic E-state index is -0.160. The lowest BCUT2D eigenvalue weighted by Gasteiger charge is -2.23. The summed E-state index contributed by atoms with van der Waals surface area (Å²) in [5.74, 6) is 1.18. The summed E-state index contributed by atoms with van der Waals surface area (Å²) < 4.78 is 5.73. The summed E-state index contributed by atoms with van der Waals surface area (Å²) >= 11 is 0. The number of halogens is 2. The van der Waals surface area contributed by atoms with Gasteiger partial charge in [0, 0.05) is 24.8 Å². The fourth-order valence-electron chi connectivity index (χ4n) is 2.46. The van der Waals surface area contributed by atoms with Crippen molar-refractivity contribution in [3.8, 4) is 11.5 Å². The Morgan fingerprint density at radius 3 is 2.67 bits per heavy atom. The zero-order valence-electron chi connectivity index (χ0n) is 13.1. The highest BCUT2D eigenvalue weighted by Crippen LogP contribution is 2.20. The molecule has 1 saturated heterocycles. The summed E-state index contributed by atoms with van der Waals surface area (Å²) in [4.78, 5) is 16.4. The number of carbonyl (C=O) groups excluding carboxylic acids is 1. The van der Waals surface area contributed by atoms with E-state index in [1.165, 1.54) is 0 Å². The first kappa shape index (κ1) is 20.2. The molecule has 2 N–H and O–H groups in total. The first-order valence-electron chi connectivity index (χ1n) is 7.52. The van der Waals surface area contributed by atoms with Gasteiger partial charge in [-0.15, -0.1) is 24.8 Å². The highest BCUT2D eigenvalue weighted by molar-refractivity contribution is 5.92. The monoisotopic (exact) mass is 369 g/mol. The van der Waals surface area contributed by atoms with E-state index in [2.05, 4.69) is 15.6 Å². The maximum absolute atomic E-state index is 12.3. The molecule has 3 rings (SSSR count). The number of benzene rings is 1. The van der Waals surface area contributed by atoms with E-state index >= 15 is 0 Å². The van der Waals surface area contributed by atoms with Crippen molar-refractivity contribution in [1.82, 2.24) is 15.6 Å². The van der Waals surface area contributed by atoms with E-state index < -0.39 is 0 Å². The zero-order chi connectivity index (χ0) is 15.2. The van der Waals surface area contributed by atoms with Gasteiger partial charge in [0.05, 0.1) is 0 Å². The van der Waals surface area contributed by atoms with E-state index in [4.69, 9.17) is 4.74 Å². The number of carbonyl (C=O) groups is 1. The van der Waals surface area contributed by atoms with Gasteiger partial charge >= 0.3 is 0 Å². The van der Waals surface area contributed by atoms with E-state index in [-0.39, 0.29) is 36.8 Å². The number of nitrogens with zero attached hydrogens (tertiary/aromatic N) is 1. The van der Waals surface area contributed by atoms with E-state index in [9.17, 15) is 4.79 Å². The average molecular weight is 370 g/mol. The van der Waals surface area contributed by atoms with Crippen LogP contribution in [-0.4, -0.2) is 30.0 Å². The predicted octanol–water partition coefficient (Wildman–Crippen LogP) is 3.20. The fourth-order valence-corrected chi connectivity index (χ4v) is 2.46. The third-order valence-electron chi connectivity index (χ3n) is 3.58. The van der Waals surface area contributed by atoms with Crippen molar-refractivity contribution in [3.05, 3.63) is 54.4 Å². The van der Waals surface area contributed by atoms with Gasteiger partial charge in [-0.25, -0.2) is 0 Å². The summed E-state index contributed by atoms with van der Waals surface area (Å²) in [5, 5.41) is 6.28. The van der Waals surface area contributed by atoms with E-state index in [0.717, 1.165) is 31.7 Å². The SMILES string of the molecule is Cl.Cl.O=C(NC1CCCNC1)c1cc(Oc2ccccc2)ccn1. The van der Waals surface area contributed by atoms with Crippen molar-refractivity contribution >= 4 is 30.7 Å². The number of para-hydroxylation sites is 1. The molecular formula is C17H21Cl2N3O2. The zero-order valence-corrected chi connectivity index (χ0v) is 14.7. The Balaban J connectivity index is 0.00000144. The number of rotatable bonds is 4. The van der Waals surface area contributed by atoms with Gasteiger partial charge in [0.15, 0.2) is 0 Å². The van der Waals surface area contributed by atoms with Crippen molar-refractivity contribution in [3.63, 3.8) is 0 Å². The van der Waals surface area contributed by atoms with Crippen LogP contribution >= 0.6 is 24.8 Å². The van der Waals surface area contributed by atoms with Crippen molar-refractivity contribution < 1.29 is 9.53 Å². The molecule has 0 spiro atoms. The van der Waals surface area contributed by atoms with Crippen LogP contribution in [0.5, 0.6) is 11.5 Å². The second-order valence-electron chi connectivity index (χ2n) is 5.31. The standard InChI is InChI=1S/C17H19N3O2.2ClH/c21-17(20-13-5-4-9-18-12-13)16-11-15(8-10-19-16)22-14-6-2-1-3-7-14;;/h1-3,6-8,10-11,13,18H,4-5,9,12H2,(H,20,21);2*1H. The van der Waals surface area contributed by atoms with Crippen molar-refractivity contribution in [2.45, 2.75) is 18.9 Å². The topological polar surface area (TPSA) is 63.2 Å². The Labute approximate surface area is 154 Å². The lowest BCUT2D eigenvalue weighted by Crippen LogP contribution is -2.45. The van der Waals surface area contributed by atoms with Gasteiger partial charge in [0.2, 0.25) is 0 Å². The number of pyridine rings is 1. The second-order valence-corrected chi connectivity index (χ2v) is 5.31. The minimum Gasteiger partial charge on any atom is -0.457 e. The van der Waals surface area contributed by atoms with Crippen LogP contribution in [0.25, 0.3) is 0 Å². The molecule has 0 saturated carbocycles. The quantitative estimate of drug-likeness (QED) is 0.868. The molecule has 5 nitrogen and oxygen atoms in total. The van der Waals surface area contributed by atoms with Crippen LogP contribution in [-0.2, 0) is 0 Å². The molecule has 2 aromatic rings. The van der Waals surface area contributed by atoms with Crippen LogP contribution in [0.3, 0.4) is 0 Å². The normalized spacial score (nSPS) is 16.2.